The van der Waals surface area contributed by atoms with Gasteiger partial charge in [0.15, 0.2) is 0 Å². The Hall–Kier alpha value is -4.80. The molecule has 2 aromatic carbocycles. The van der Waals surface area contributed by atoms with Crippen LogP contribution in [0.4, 0.5) is 8.78 Å². The van der Waals surface area contributed by atoms with Gasteiger partial charge >= 0.3 is 0 Å². The first-order valence-electron chi connectivity index (χ1n) is 12.8. The summed E-state index contributed by atoms with van der Waals surface area (Å²) in [5.74, 6) is -4.49. The molecular weight excluding hydrogens is 536 g/mol. The molecule has 1 saturated heterocycles. The number of aliphatic hydroxyl groups excluding tert-OH is 1. The fraction of sp³-hybridized carbons (Fsp3) is 0.267. The number of carbonyl (C=O) groups excluding carboxylic acids is 2. The van der Waals surface area contributed by atoms with E-state index >= 15 is 0 Å². The van der Waals surface area contributed by atoms with Crippen LogP contribution in [0.15, 0.2) is 71.1 Å². The van der Waals surface area contributed by atoms with Crippen molar-refractivity contribution in [1.82, 2.24) is 9.88 Å². The lowest BCUT2D eigenvalue weighted by Gasteiger charge is -2.28. The lowest BCUT2D eigenvalue weighted by atomic mass is 9.84. The highest BCUT2D eigenvalue weighted by molar-refractivity contribution is 6.26. The minimum atomic E-state index is -1.18. The predicted molar refractivity (Wildman–Crippen MR) is 145 cm³/mol. The smallest absolute Gasteiger partial charge is 0.286 e. The van der Waals surface area contributed by atoms with Crippen molar-refractivity contribution in [1.29, 1.82) is 0 Å². The molecule has 2 atom stereocenters. The van der Waals surface area contributed by atoms with Gasteiger partial charge in [-0.3, -0.25) is 14.6 Å². The minimum Gasteiger partial charge on any atom is -0.510 e. The molecule has 9 nitrogen and oxygen atoms in total. The molecule has 3 heterocycles. The highest BCUT2D eigenvalue weighted by Crippen LogP contribution is 2.43. The number of pyridine rings is 1. The molecule has 212 valence electrons. The zero-order chi connectivity index (χ0) is 29.3. The summed E-state index contributed by atoms with van der Waals surface area (Å²) in [7, 11) is 4.34. The maximum absolute atomic E-state index is 14.4. The Morgan fingerprint density at radius 2 is 1.63 bits per heavy atom. The number of benzene rings is 2. The van der Waals surface area contributed by atoms with Crippen molar-refractivity contribution in [3.63, 3.8) is 0 Å². The van der Waals surface area contributed by atoms with Gasteiger partial charge in [0.05, 0.1) is 44.2 Å². The Kier molecular flexibility index (Phi) is 7.69. The molecule has 2 aliphatic heterocycles. The van der Waals surface area contributed by atoms with E-state index in [9.17, 15) is 23.5 Å². The molecule has 3 aromatic rings. The van der Waals surface area contributed by atoms with E-state index in [0.717, 1.165) is 12.1 Å². The van der Waals surface area contributed by atoms with Gasteiger partial charge < -0.3 is 24.2 Å². The van der Waals surface area contributed by atoms with Crippen LogP contribution in [0.2, 0.25) is 0 Å². The molecule has 0 radical (unpaired) electrons. The fourth-order valence-electron chi connectivity index (χ4n) is 5.37. The van der Waals surface area contributed by atoms with Gasteiger partial charge in [-0.2, -0.15) is 0 Å². The third-order valence-corrected chi connectivity index (χ3v) is 7.32. The molecular formula is C30H27F2N3O6. The molecule has 2 unspecified atom stereocenters. The molecule has 1 N–H and O–H groups in total. The monoisotopic (exact) mass is 563 g/mol. The second-order valence-electron chi connectivity index (χ2n) is 9.52. The Morgan fingerprint density at radius 1 is 0.976 bits per heavy atom. The number of aromatic nitrogens is 1. The lowest BCUT2D eigenvalue weighted by molar-refractivity contribution is -0.129. The molecule has 0 saturated carbocycles. The van der Waals surface area contributed by atoms with Crippen molar-refractivity contribution >= 4 is 17.5 Å². The zero-order valence-corrected chi connectivity index (χ0v) is 22.6. The van der Waals surface area contributed by atoms with Gasteiger partial charge in [-0.15, -0.1) is 0 Å². The average molecular weight is 564 g/mol. The molecule has 2 amide bonds. The largest absolute Gasteiger partial charge is 0.510 e. The van der Waals surface area contributed by atoms with E-state index < -0.39 is 46.6 Å². The number of rotatable bonds is 7. The van der Waals surface area contributed by atoms with Crippen molar-refractivity contribution < 1.29 is 37.7 Å². The van der Waals surface area contributed by atoms with Gasteiger partial charge in [0.2, 0.25) is 0 Å². The van der Waals surface area contributed by atoms with Gasteiger partial charge in [0.25, 0.3) is 11.8 Å². The summed E-state index contributed by atoms with van der Waals surface area (Å²) in [5, 5.41) is 11.7. The Balaban J connectivity index is 1.60. The summed E-state index contributed by atoms with van der Waals surface area (Å²) in [6.45, 7) is 0.0788. The number of methoxy groups -OCH3 is 3. The Labute approximate surface area is 234 Å². The van der Waals surface area contributed by atoms with Gasteiger partial charge in [-0.25, -0.2) is 13.8 Å². The molecule has 41 heavy (non-hydrogen) atoms. The number of aliphatic imine (C=N–C) groups is 1. The van der Waals surface area contributed by atoms with Crippen LogP contribution in [0.3, 0.4) is 0 Å². The second-order valence-corrected chi connectivity index (χ2v) is 9.52. The number of carbonyl (C=O) groups is 2. The summed E-state index contributed by atoms with van der Waals surface area (Å²) in [5.41, 5.74) is -0.0615. The van der Waals surface area contributed by atoms with E-state index in [-0.39, 0.29) is 36.5 Å². The van der Waals surface area contributed by atoms with Crippen LogP contribution < -0.4 is 14.2 Å². The highest BCUT2D eigenvalue weighted by Gasteiger charge is 2.43. The van der Waals surface area contributed by atoms with Gasteiger partial charge in [0, 0.05) is 36.8 Å². The summed E-state index contributed by atoms with van der Waals surface area (Å²) in [6.07, 6.45) is 1.74. The number of hydrogen-bond donors (Lipinski definition) is 1. The molecule has 2 aliphatic rings. The lowest BCUT2D eigenvalue weighted by Crippen LogP contribution is -2.37. The van der Waals surface area contributed by atoms with Crippen molar-refractivity contribution in [2.75, 3.05) is 34.4 Å². The zero-order valence-electron chi connectivity index (χ0n) is 22.6. The number of allylic oxidation sites excluding steroid dienone is 1. The van der Waals surface area contributed by atoms with Gasteiger partial charge in [-0.1, -0.05) is 12.1 Å². The number of hydrogen-bond acceptors (Lipinski definition) is 7. The molecule has 0 aliphatic carbocycles. The van der Waals surface area contributed by atoms with Crippen molar-refractivity contribution in [3.8, 4) is 17.2 Å². The minimum absolute atomic E-state index is 0.0442. The first kappa shape index (κ1) is 27.8. The Bertz CT molecular complexity index is 1550. The van der Waals surface area contributed by atoms with E-state index in [0.29, 0.717) is 22.8 Å². The molecule has 0 spiro atoms. The van der Waals surface area contributed by atoms with Crippen LogP contribution in [0, 0.1) is 11.6 Å². The number of halogens is 2. The van der Waals surface area contributed by atoms with Crippen LogP contribution >= 0.6 is 0 Å². The van der Waals surface area contributed by atoms with Gasteiger partial charge in [-0.05, 0) is 36.8 Å². The van der Waals surface area contributed by atoms with E-state index in [1.807, 2.05) is 0 Å². The van der Waals surface area contributed by atoms with Crippen molar-refractivity contribution in [2.24, 2.45) is 4.99 Å². The van der Waals surface area contributed by atoms with Crippen molar-refractivity contribution in [2.45, 2.75) is 18.3 Å². The quantitative estimate of drug-likeness (QED) is 0.426. The number of amides is 2. The van der Waals surface area contributed by atoms with Crippen LogP contribution in [0.5, 0.6) is 17.2 Å². The predicted octanol–water partition coefficient (Wildman–Crippen LogP) is 4.33. The number of aliphatic hydroxyl groups is 1. The third-order valence-electron chi connectivity index (χ3n) is 7.32. The first-order chi connectivity index (χ1) is 19.8. The normalized spacial score (nSPS) is 18.8. The summed E-state index contributed by atoms with van der Waals surface area (Å²) in [4.78, 5) is 37.0. The van der Waals surface area contributed by atoms with Crippen LogP contribution in [-0.2, 0) is 9.59 Å². The maximum Gasteiger partial charge on any atom is 0.286 e. The molecule has 0 bridgehead atoms. The molecule has 1 fully saturated rings. The molecule has 5 rings (SSSR count). The fourth-order valence-corrected chi connectivity index (χ4v) is 5.37. The number of nitrogens with zero attached hydrogens (tertiary/aromatic N) is 3. The standard InChI is InChI=1S/C30H27F2N3O6/c1-39-17-10-12-33-20(14-17)27-25(24-21(40-2)8-5-9-22(24)41-3)28(36)26(29(37)34-27)30(38)35-13-11-16(15-35)23-18(31)6-4-7-19(23)32/h4-10,12,14,16,25,36H,11,13,15H2,1-3H3. The second kappa shape index (κ2) is 11.4. The van der Waals surface area contributed by atoms with E-state index in [4.69, 9.17) is 14.2 Å². The van der Waals surface area contributed by atoms with Crippen LogP contribution in [-0.4, -0.2) is 66.9 Å². The third kappa shape index (κ3) is 4.99. The number of ether oxygens (including phenoxy) is 3. The van der Waals surface area contributed by atoms with E-state index in [1.165, 1.54) is 38.5 Å². The van der Waals surface area contributed by atoms with Crippen LogP contribution in [0.1, 0.15) is 35.1 Å². The Morgan fingerprint density at radius 3 is 2.27 bits per heavy atom. The van der Waals surface area contributed by atoms with E-state index in [2.05, 4.69) is 9.98 Å². The van der Waals surface area contributed by atoms with Crippen LogP contribution in [0.25, 0.3) is 0 Å². The number of likely N-dealkylation sites (tertiary alicyclic amines) is 1. The average Bonchev–Trinajstić information content (AvgIpc) is 3.46. The van der Waals surface area contributed by atoms with E-state index in [1.54, 1.807) is 30.3 Å². The summed E-state index contributed by atoms with van der Waals surface area (Å²) in [6, 6.07) is 11.7. The molecule has 11 heteroatoms. The van der Waals surface area contributed by atoms with Crippen molar-refractivity contribution in [3.05, 3.63) is 94.5 Å². The topological polar surface area (TPSA) is 111 Å². The molecule has 1 aromatic heterocycles. The maximum atomic E-state index is 14.4. The first-order valence-corrected chi connectivity index (χ1v) is 12.8. The van der Waals surface area contributed by atoms with Gasteiger partial charge in [0.1, 0.15) is 40.2 Å². The highest BCUT2D eigenvalue weighted by atomic mass is 19.1. The summed E-state index contributed by atoms with van der Waals surface area (Å²) >= 11 is 0. The number of dihydropyridines is 1. The summed E-state index contributed by atoms with van der Waals surface area (Å²) < 4.78 is 45.3. The SMILES string of the molecule is COc1ccnc(C2=NC(=O)C(C(=O)N3CCC(c4c(F)cccc4F)C3)=C(O)C2c2c(OC)cccc2OC)c1.